The summed E-state index contributed by atoms with van der Waals surface area (Å²) in [6, 6.07) is 3.65. The lowest BCUT2D eigenvalue weighted by Gasteiger charge is -2.05. The lowest BCUT2D eigenvalue weighted by atomic mass is 10.1. The fourth-order valence-corrected chi connectivity index (χ4v) is 2.39. The van der Waals surface area contributed by atoms with Crippen LogP contribution in [0.1, 0.15) is 43.8 Å². The maximum atomic E-state index is 5.62. The average molecular weight is 344 g/mol. The second-order valence-corrected chi connectivity index (χ2v) is 5.82. The summed E-state index contributed by atoms with van der Waals surface area (Å²) < 4.78 is 11.2. The van der Waals surface area contributed by atoms with Gasteiger partial charge in [-0.3, -0.25) is 0 Å². The first-order valence-corrected chi connectivity index (χ1v) is 9.12. The van der Waals surface area contributed by atoms with Gasteiger partial charge in [-0.15, -0.1) is 0 Å². The van der Waals surface area contributed by atoms with Crippen molar-refractivity contribution < 1.29 is 9.47 Å². The Morgan fingerprint density at radius 2 is 0.920 bits per heavy atom. The topological polar surface area (TPSA) is 70.0 Å². The zero-order valence-corrected chi connectivity index (χ0v) is 14.8. The van der Waals surface area contributed by atoms with Gasteiger partial charge in [0.25, 0.3) is 0 Å². The predicted octanol–water partition coefficient (Wildman–Crippen LogP) is 3.04. The molecule has 0 aliphatic carbocycles. The van der Waals surface area contributed by atoms with E-state index in [9.17, 15) is 0 Å². The van der Waals surface area contributed by atoms with Crippen LogP contribution in [0.15, 0.2) is 36.9 Å². The van der Waals surface area contributed by atoms with Gasteiger partial charge in [-0.25, -0.2) is 19.9 Å². The largest absolute Gasteiger partial charge is 0.381 e. The summed E-state index contributed by atoms with van der Waals surface area (Å²) >= 11 is 0. The molecule has 0 N–H and O–H groups in total. The Morgan fingerprint density at radius 3 is 1.36 bits per heavy atom. The van der Waals surface area contributed by atoms with Crippen LogP contribution in [0.5, 0.6) is 0 Å². The highest BCUT2D eigenvalue weighted by molar-refractivity contribution is 4.88. The fraction of sp³-hybridized carbons (Fsp3) is 0.579. The minimum atomic E-state index is 0.697. The Bertz CT molecular complexity index is 490. The van der Waals surface area contributed by atoms with Gasteiger partial charge in [0.2, 0.25) is 0 Å². The molecule has 0 aromatic carbocycles. The van der Waals surface area contributed by atoms with Crippen molar-refractivity contribution >= 4 is 0 Å². The van der Waals surface area contributed by atoms with Crippen molar-refractivity contribution in [1.82, 2.24) is 19.9 Å². The molecule has 0 aliphatic rings. The Morgan fingerprint density at radius 1 is 0.520 bits per heavy atom. The number of nitrogens with zero attached hydrogens (tertiary/aromatic N) is 4. The molecular weight excluding hydrogens is 316 g/mol. The molecule has 2 aromatic heterocycles. The molecule has 0 saturated carbocycles. The zero-order valence-electron chi connectivity index (χ0n) is 14.8. The van der Waals surface area contributed by atoms with Crippen LogP contribution in [0, 0.1) is 0 Å². The van der Waals surface area contributed by atoms with Gasteiger partial charge in [0.1, 0.15) is 11.6 Å². The summed E-state index contributed by atoms with van der Waals surface area (Å²) in [6.45, 7) is 3.03. The van der Waals surface area contributed by atoms with Gasteiger partial charge in [0.05, 0.1) is 13.2 Å². The summed E-state index contributed by atoms with van der Waals surface area (Å²) in [5.41, 5.74) is 0. The molecule has 136 valence electrons. The average Bonchev–Trinajstić information content (AvgIpc) is 2.67. The van der Waals surface area contributed by atoms with Gasteiger partial charge in [0, 0.05) is 50.8 Å². The molecule has 0 bridgehead atoms. The van der Waals surface area contributed by atoms with Crippen LogP contribution in [-0.4, -0.2) is 46.4 Å². The molecule has 6 heteroatoms. The highest BCUT2D eigenvalue weighted by atomic mass is 16.5. The molecule has 0 radical (unpaired) electrons. The van der Waals surface area contributed by atoms with E-state index in [0.717, 1.165) is 50.5 Å². The monoisotopic (exact) mass is 344 g/mol. The SMILES string of the molecule is c1cnc(CCOCCCCCCCOCCc2ncccn2)nc1. The maximum absolute atomic E-state index is 5.62. The number of unbranched alkanes of at least 4 members (excludes halogenated alkanes) is 4. The lowest BCUT2D eigenvalue weighted by molar-refractivity contribution is 0.127. The summed E-state index contributed by atoms with van der Waals surface area (Å²) in [5, 5.41) is 0. The Kier molecular flexibility index (Phi) is 10.4. The van der Waals surface area contributed by atoms with E-state index >= 15 is 0 Å². The van der Waals surface area contributed by atoms with Crippen molar-refractivity contribution in [3.63, 3.8) is 0 Å². The maximum Gasteiger partial charge on any atom is 0.130 e. The van der Waals surface area contributed by atoms with E-state index in [1.54, 1.807) is 24.8 Å². The predicted molar refractivity (Wildman–Crippen MR) is 96.2 cm³/mol. The minimum Gasteiger partial charge on any atom is -0.381 e. The normalized spacial score (nSPS) is 10.9. The Labute approximate surface area is 150 Å². The third kappa shape index (κ3) is 9.84. The molecule has 6 nitrogen and oxygen atoms in total. The standard InChI is InChI=1S/C19H28N4O2/c1(2-4-14-24-16-8-18-20-10-6-11-21-18)3-5-15-25-17-9-19-22-12-7-13-23-19/h6-7,10-13H,1-5,8-9,14-17H2. The number of hydrogen-bond donors (Lipinski definition) is 0. The van der Waals surface area contributed by atoms with Gasteiger partial charge in [-0.2, -0.15) is 0 Å². The van der Waals surface area contributed by atoms with Crippen LogP contribution in [0.4, 0.5) is 0 Å². The molecule has 0 spiro atoms. The molecule has 0 saturated heterocycles. The summed E-state index contributed by atoms with van der Waals surface area (Å²) in [6.07, 6.45) is 14.5. The first-order chi connectivity index (χ1) is 12.4. The molecule has 0 amide bonds. The van der Waals surface area contributed by atoms with Crippen molar-refractivity contribution in [2.75, 3.05) is 26.4 Å². The first-order valence-electron chi connectivity index (χ1n) is 9.12. The van der Waals surface area contributed by atoms with Crippen LogP contribution < -0.4 is 0 Å². The number of ether oxygens (including phenoxy) is 2. The quantitative estimate of drug-likeness (QED) is 0.491. The zero-order chi connectivity index (χ0) is 17.4. The third-order valence-electron chi connectivity index (χ3n) is 3.76. The van der Waals surface area contributed by atoms with E-state index in [-0.39, 0.29) is 0 Å². The summed E-state index contributed by atoms with van der Waals surface area (Å²) in [7, 11) is 0. The molecule has 25 heavy (non-hydrogen) atoms. The molecule has 2 heterocycles. The van der Waals surface area contributed by atoms with E-state index in [0.29, 0.717) is 13.2 Å². The van der Waals surface area contributed by atoms with Crippen LogP contribution in [0.2, 0.25) is 0 Å². The van der Waals surface area contributed by atoms with Crippen LogP contribution in [-0.2, 0) is 22.3 Å². The number of rotatable bonds is 14. The smallest absolute Gasteiger partial charge is 0.130 e. The van der Waals surface area contributed by atoms with Gasteiger partial charge in [-0.1, -0.05) is 19.3 Å². The van der Waals surface area contributed by atoms with Gasteiger partial charge >= 0.3 is 0 Å². The van der Waals surface area contributed by atoms with Crippen LogP contribution in [0.3, 0.4) is 0 Å². The van der Waals surface area contributed by atoms with Crippen molar-refractivity contribution in [1.29, 1.82) is 0 Å². The van der Waals surface area contributed by atoms with Crippen molar-refractivity contribution in [2.45, 2.75) is 44.9 Å². The van der Waals surface area contributed by atoms with E-state index in [4.69, 9.17) is 9.47 Å². The molecule has 2 rings (SSSR count). The van der Waals surface area contributed by atoms with Crippen LogP contribution in [0.25, 0.3) is 0 Å². The lowest BCUT2D eigenvalue weighted by Crippen LogP contribution is -2.04. The molecule has 0 fully saturated rings. The minimum absolute atomic E-state index is 0.697. The molecular formula is C19H28N4O2. The summed E-state index contributed by atoms with van der Waals surface area (Å²) in [4.78, 5) is 16.7. The van der Waals surface area contributed by atoms with Crippen LogP contribution >= 0.6 is 0 Å². The van der Waals surface area contributed by atoms with Gasteiger partial charge in [0.15, 0.2) is 0 Å². The van der Waals surface area contributed by atoms with Gasteiger partial charge in [-0.05, 0) is 25.0 Å². The fourth-order valence-electron chi connectivity index (χ4n) is 2.39. The van der Waals surface area contributed by atoms with Crippen molar-refractivity contribution in [3.8, 4) is 0 Å². The molecule has 0 atom stereocenters. The Hall–Kier alpha value is -1.92. The van der Waals surface area contributed by atoms with Crippen molar-refractivity contribution in [2.24, 2.45) is 0 Å². The molecule has 0 unspecified atom stereocenters. The number of hydrogen-bond acceptors (Lipinski definition) is 6. The highest BCUT2D eigenvalue weighted by Gasteiger charge is 1.97. The van der Waals surface area contributed by atoms with E-state index in [1.165, 1.54) is 19.3 Å². The second kappa shape index (κ2) is 13.4. The first kappa shape index (κ1) is 19.4. The highest BCUT2D eigenvalue weighted by Crippen LogP contribution is 2.04. The second-order valence-electron chi connectivity index (χ2n) is 5.82. The Balaban J connectivity index is 1.30. The summed E-state index contributed by atoms with van der Waals surface area (Å²) in [5.74, 6) is 1.70. The molecule has 0 aliphatic heterocycles. The number of aromatic nitrogens is 4. The third-order valence-corrected chi connectivity index (χ3v) is 3.76. The molecule has 2 aromatic rings. The van der Waals surface area contributed by atoms with E-state index in [2.05, 4.69) is 19.9 Å². The van der Waals surface area contributed by atoms with Crippen molar-refractivity contribution in [3.05, 3.63) is 48.6 Å². The van der Waals surface area contributed by atoms with E-state index < -0.39 is 0 Å². The van der Waals surface area contributed by atoms with E-state index in [1.807, 2.05) is 12.1 Å². The van der Waals surface area contributed by atoms with Gasteiger partial charge < -0.3 is 9.47 Å².